The zero-order chi connectivity index (χ0) is 23.8. The topological polar surface area (TPSA) is 80.9 Å². The molecule has 0 fully saturated rings. The lowest BCUT2D eigenvalue weighted by molar-refractivity contribution is -0.903. The largest absolute Gasteiger partial charge is 0.504 e. The Morgan fingerprint density at radius 1 is 0.500 bits per heavy atom. The van der Waals surface area contributed by atoms with Crippen molar-refractivity contribution in [2.75, 3.05) is 41.3 Å². The van der Waals surface area contributed by atoms with Crippen molar-refractivity contribution in [3.63, 3.8) is 0 Å². The zero-order valence-corrected chi connectivity index (χ0v) is 20.2. The summed E-state index contributed by atoms with van der Waals surface area (Å²) in [6.45, 7) is 3.84. The summed E-state index contributed by atoms with van der Waals surface area (Å²) in [5, 5.41) is 38.3. The molecule has 0 saturated carbocycles. The van der Waals surface area contributed by atoms with Crippen LogP contribution in [0.3, 0.4) is 0 Å². The Morgan fingerprint density at radius 2 is 0.844 bits per heavy atom. The Balaban J connectivity index is 1.59. The molecule has 0 unspecified atom stereocenters. The van der Waals surface area contributed by atoms with Gasteiger partial charge in [0.1, 0.15) is 13.1 Å². The summed E-state index contributed by atoms with van der Waals surface area (Å²) in [4.78, 5) is 0. The summed E-state index contributed by atoms with van der Waals surface area (Å²) in [7, 11) is 8.82. The van der Waals surface area contributed by atoms with E-state index in [4.69, 9.17) is 0 Å². The van der Waals surface area contributed by atoms with Gasteiger partial charge in [-0.2, -0.15) is 0 Å². The maximum Gasteiger partial charge on any atom is 0.157 e. The van der Waals surface area contributed by atoms with E-state index in [2.05, 4.69) is 28.2 Å². The second-order valence-electron chi connectivity index (χ2n) is 10.4. The van der Waals surface area contributed by atoms with Crippen LogP contribution in [0.25, 0.3) is 0 Å². The smallest absolute Gasteiger partial charge is 0.157 e. The van der Waals surface area contributed by atoms with Crippen LogP contribution in [-0.2, 0) is 13.1 Å². The molecule has 0 heterocycles. The van der Waals surface area contributed by atoms with E-state index < -0.39 is 0 Å². The van der Waals surface area contributed by atoms with Crippen molar-refractivity contribution in [3.8, 4) is 23.0 Å². The van der Waals surface area contributed by atoms with Crippen molar-refractivity contribution in [1.82, 2.24) is 0 Å². The average molecular weight is 447 g/mol. The lowest BCUT2D eigenvalue weighted by Gasteiger charge is -2.30. The number of aromatic hydroxyl groups is 4. The molecular formula is C26H42N2O4+2. The molecule has 4 N–H and O–H groups in total. The van der Waals surface area contributed by atoms with Crippen LogP contribution in [0.2, 0.25) is 0 Å². The van der Waals surface area contributed by atoms with Crippen molar-refractivity contribution in [2.24, 2.45) is 0 Å². The Bertz CT molecular complexity index is 793. The molecule has 2 rings (SSSR count). The van der Waals surface area contributed by atoms with E-state index in [0.717, 1.165) is 46.3 Å². The van der Waals surface area contributed by atoms with Crippen LogP contribution < -0.4 is 0 Å². The molecule has 0 aliphatic rings. The molecule has 6 nitrogen and oxygen atoms in total. The third-order valence-electron chi connectivity index (χ3n) is 6.08. The minimum atomic E-state index is -0.0686. The van der Waals surface area contributed by atoms with Gasteiger partial charge in [0.05, 0.1) is 41.3 Å². The maximum absolute atomic E-state index is 9.68. The van der Waals surface area contributed by atoms with Crippen molar-refractivity contribution >= 4 is 0 Å². The normalized spacial score (nSPS) is 12.2. The monoisotopic (exact) mass is 446 g/mol. The van der Waals surface area contributed by atoms with Crippen LogP contribution in [0.5, 0.6) is 23.0 Å². The molecule has 0 amide bonds. The van der Waals surface area contributed by atoms with E-state index in [1.807, 2.05) is 12.1 Å². The Morgan fingerprint density at radius 3 is 1.19 bits per heavy atom. The fourth-order valence-electron chi connectivity index (χ4n) is 4.27. The number of quaternary nitrogens is 2. The molecule has 0 saturated heterocycles. The van der Waals surface area contributed by atoms with Gasteiger partial charge in [-0.05, 0) is 62.1 Å². The first-order valence-corrected chi connectivity index (χ1v) is 11.6. The highest BCUT2D eigenvalue weighted by Crippen LogP contribution is 2.27. The third kappa shape index (κ3) is 8.97. The average Bonchev–Trinajstić information content (AvgIpc) is 2.69. The fourth-order valence-corrected chi connectivity index (χ4v) is 4.27. The molecule has 0 aliphatic carbocycles. The number of nitrogens with zero attached hydrogens (tertiary/aromatic N) is 2. The Kier molecular flexibility index (Phi) is 9.22. The molecule has 0 aliphatic heterocycles. The summed E-state index contributed by atoms with van der Waals surface area (Å²) in [5.74, 6) is -0.238. The van der Waals surface area contributed by atoms with Crippen LogP contribution >= 0.6 is 0 Å². The second kappa shape index (κ2) is 11.4. The van der Waals surface area contributed by atoms with E-state index in [1.165, 1.54) is 38.5 Å². The summed E-state index contributed by atoms with van der Waals surface area (Å²) in [6.07, 6.45) is 7.32. The predicted molar refractivity (Wildman–Crippen MR) is 129 cm³/mol. The maximum atomic E-state index is 9.68. The summed E-state index contributed by atoms with van der Waals surface area (Å²) < 4.78 is 1.73. The van der Waals surface area contributed by atoms with Crippen LogP contribution in [0.15, 0.2) is 36.4 Å². The number of unbranched alkanes of at least 4 members (excludes halogenated alkanes) is 5. The van der Waals surface area contributed by atoms with Crippen LogP contribution in [-0.4, -0.2) is 70.7 Å². The number of benzene rings is 2. The Hall–Kier alpha value is -2.44. The first-order valence-electron chi connectivity index (χ1n) is 11.6. The molecule has 0 bridgehead atoms. The molecular weight excluding hydrogens is 404 g/mol. The first kappa shape index (κ1) is 25.8. The summed E-state index contributed by atoms with van der Waals surface area (Å²) in [5.41, 5.74) is 2.07. The predicted octanol–water partition coefficient (Wildman–Crippen LogP) is 4.70. The number of phenols is 4. The van der Waals surface area contributed by atoms with Gasteiger partial charge in [0, 0.05) is 11.1 Å². The molecule has 0 spiro atoms. The van der Waals surface area contributed by atoms with E-state index in [1.54, 1.807) is 24.3 Å². The third-order valence-corrected chi connectivity index (χ3v) is 6.08. The van der Waals surface area contributed by atoms with Gasteiger partial charge < -0.3 is 29.4 Å². The molecule has 0 atom stereocenters. The lowest BCUT2D eigenvalue weighted by atomic mass is 10.1. The van der Waals surface area contributed by atoms with Gasteiger partial charge in [-0.3, -0.25) is 0 Å². The van der Waals surface area contributed by atoms with Gasteiger partial charge in [-0.15, -0.1) is 0 Å². The molecule has 178 valence electrons. The second-order valence-corrected chi connectivity index (χ2v) is 10.4. The van der Waals surface area contributed by atoms with Crippen molar-refractivity contribution in [3.05, 3.63) is 47.5 Å². The van der Waals surface area contributed by atoms with E-state index in [9.17, 15) is 20.4 Å². The number of rotatable bonds is 13. The lowest BCUT2D eigenvalue weighted by Crippen LogP contribution is -2.39. The fraction of sp³-hybridized carbons (Fsp3) is 0.538. The van der Waals surface area contributed by atoms with Gasteiger partial charge in [-0.1, -0.05) is 12.8 Å². The quantitative estimate of drug-likeness (QED) is 0.204. The molecule has 2 aromatic carbocycles. The van der Waals surface area contributed by atoms with Gasteiger partial charge in [0.25, 0.3) is 0 Å². The highest BCUT2D eigenvalue weighted by Gasteiger charge is 2.18. The van der Waals surface area contributed by atoms with E-state index in [-0.39, 0.29) is 23.0 Å². The zero-order valence-electron chi connectivity index (χ0n) is 20.2. The molecule has 0 radical (unpaired) electrons. The van der Waals surface area contributed by atoms with Crippen LogP contribution in [0.1, 0.15) is 49.7 Å². The van der Waals surface area contributed by atoms with Gasteiger partial charge in [0.2, 0.25) is 0 Å². The number of hydrogen-bond acceptors (Lipinski definition) is 4. The summed E-state index contributed by atoms with van der Waals surface area (Å²) in [6, 6.07) is 10.2. The van der Waals surface area contributed by atoms with E-state index >= 15 is 0 Å². The molecule has 6 heteroatoms. The number of hydrogen-bond donors (Lipinski definition) is 4. The summed E-state index contributed by atoms with van der Waals surface area (Å²) >= 11 is 0. The number of phenolic OH excluding ortho intramolecular Hbond substituents is 4. The standard InChI is InChI=1S/C26H40N2O4/c1-27(2,19-21-11-13-23(29)25(31)17-21)15-9-7-5-6-8-10-16-28(3,4)20-22-12-14-24(30)26(32)18-22/h11-14,17-18H,5-10,15-16,19-20H2,1-4H3,(H2-2,29,30,31,32)/p+2. The SMILES string of the molecule is C[N+](C)(CCCCCCCC[N+](C)(C)Cc1ccc(O)c(O)c1)Cc1ccc(O)c(O)c1. The van der Waals surface area contributed by atoms with Crippen LogP contribution in [0, 0.1) is 0 Å². The molecule has 2 aromatic rings. The molecule has 0 aromatic heterocycles. The van der Waals surface area contributed by atoms with Crippen molar-refractivity contribution < 1.29 is 29.4 Å². The first-order chi connectivity index (χ1) is 15.0. The Labute approximate surface area is 193 Å². The highest BCUT2D eigenvalue weighted by molar-refractivity contribution is 5.40. The van der Waals surface area contributed by atoms with Gasteiger partial charge in [-0.25, -0.2) is 0 Å². The van der Waals surface area contributed by atoms with E-state index in [0.29, 0.717) is 0 Å². The minimum Gasteiger partial charge on any atom is -0.504 e. The van der Waals surface area contributed by atoms with Crippen molar-refractivity contribution in [2.45, 2.75) is 51.6 Å². The molecule has 32 heavy (non-hydrogen) atoms. The van der Waals surface area contributed by atoms with Crippen LogP contribution in [0.4, 0.5) is 0 Å². The van der Waals surface area contributed by atoms with Gasteiger partial charge in [0.15, 0.2) is 23.0 Å². The van der Waals surface area contributed by atoms with Gasteiger partial charge >= 0.3 is 0 Å². The van der Waals surface area contributed by atoms with Crippen molar-refractivity contribution in [1.29, 1.82) is 0 Å². The highest BCUT2D eigenvalue weighted by atomic mass is 16.3. The minimum absolute atomic E-state index is 0.0505.